The van der Waals surface area contributed by atoms with E-state index in [9.17, 15) is 4.79 Å². The maximum atomic E-state index is 10.8. The zero-order valence-electron chi connectivity index (χ0n) is 6.27. The van der Waals surface area contributed by atoms with Gasteiger partial charge in [0.25, 0.3) is 0 Å². The Labute approximate surface area is 68.6 Å². The number of nitrogens with zero attached hydrogens (tertiary/aromatic N) is 2. The summed E-state index contributed by atoms with van der Waals surface area (Å²) in [6.45, 7) is 0. The van der Waals surface area contributed by atoms with Crippen LogP contribution in [0.25, 0.3) is 11.0 Å². The van der Waals surface area contributed by atoms with Crippen LogP contribution in [0.5, 0.6) is 0 Å². The quantitative estimate of drug-likeness (QED) is 0.625. The molecule has 4 nitrogen and oxygen atoms in total. The maximum Gasteiger partial charge on any atom is 0.323 e. The molecule has 2 heterocycles. The molecule has 0 bridgehead atoms. The van der Waals surface area contributed by atoms with Crippen molar-refractivity contribution < 1.29 is 4.79 Å². The molecule has 2 rings (SSSR count). The average Bonchev–Trinajstić information content (AvgIpc) is 2.47. The minimum Gasteiger partial charge on any atom is -0.351 e. The molecule has 2 aromatic heterocycles. The van der Waals surface area contributed by atoms with Gasteiger partial charge in [-0.2, -0.15) is 0 Å². The molecule has 60 valence electrons. The average molecular weight is 161 g/mol. The fourth-order valence-corrected chi connectivity index (χ4v) is 1.16. The maximum absolute atomic E-state index is 10.8. The molecule has 0 aliphatic rings. The molecular formula is C8H7N3O. The number of amides is 1. The number of carbonyl (C=O) groups excluding carboxylic acids is 1. The topological polar surface area (TPSA) is 60.9 Å². The van der Waals surface area contributed by atoms with Crippen LogP contribution in [0.4, 0.5) is 4.79 Å². The molecule has 4 heteroatoms. The third-order valence-electron chi connectivity index (χ3n) is 1.69. The van der Waals surface area contributed by atoms with Crippen molar-refractivity contribution in [1.29, 1.82) is 0 Å². The Morgan fingerprint density at radius 3 is 3.08 bits per heavy atom. The van der Waals surface area contributed by atoms with Crippen molar-refractivity contribution in [2.24, 2.45) is 5.73 Å². The largest absolute Gasteiger partial charge is 0.351 e. The monoisotopic (exact) mass is 161 g/mol. The van der Waals surface area contributed by atoms with Crippen molar-refractivity contribution >= 4 is 17.1 Å². The van der Waals surface area contributed by atoms with E-state index in [0.29, 0.717) is 0 Å². The number of hydrogen-bond donors (Lipinski definition) is 1. The molecule has 0 atom stereocenters. The molecule has 1 amide bonds. The second-order valence-corrected chi connectivity index (χ2v) is 2.43. The third-order valence-corrected chi connectivity index (χ3v) is 1.69. The number of hydrogen-bond acceptors (Lipinski definition) is 2. The molecule has 0 aromatic carbocycles. The Balaban J connectivity index is 2.79. The van der Waals surface area contributed by atoms with Crippen molar-refractivity contribution in [3.05, 3.63) is 30.6 Å². The lowest BCUT2D eigenvalue weighted by atomic mass is 10.4. The van der Waals surface area contributed by atoms with Crippen molar-refractivity contribution in [2.75, 3.05) is 0 Å². The van der Waals surface area contributed by atoms with Gasteiger partial charge in [-0.1, -0.05) is 0 Å². The molecule has 0 aliphatic heterocycles. The zero-order valence-corrected chi connectivity index (χ0v) is 6.27. The highest BCUT2D eigenvalue weighted by molar-refractivity contribution is 5.88. The SMILES string of the molecule is NC(=O)n1ccc2ncccc21. The fraction of sp³-hybridized carbons (Fsp3) is 0. The second kappa shape index (κ2) is 2.34. The van der Waals surface area contributed by atoms with Gasteiger partial charge in [-0.25, -0.2) is 4.79 Å². The third kappa shape index (κ3) is 0.852. The second-order valence-electron chi connectivity index (χ2n) is 2.43. The Kier molecular flexibility index (Phi) is 1.33. The molecule has 0 radical (unpaired) electrons. The zero-order chi connectivity index (χ0) is 8.55. The summed E-state index contributed by atoms with van der Waals surface area (Å²) in [7, 11) is 0. The van der Waals surface area contributed by atoms with Crippen LogP contribution in [-0.2, 0) is 0 Å². The number of fused-ring (bicyclic) bond motifs is 1. The van der Waals surface area contributed by atoms with Crippen LogP contribution >= 0.6 is 0 Å². The predicted molar refractivity (Wildman–Crippen MR) is 44.7 cm³/mol. The van der Waals surface area contributed by atoms with Gasteiger partial charge in [-0.15, -0.1) is 0 Å². The molecule has 0 saturated heterocycles. The molecular weight excluding hydrogens is 154 g/mol. The lowest BCUT2D eigenvalue weighted by Crippen LogP contribution is -2.17. The molecule has 12 heavy (non-hydrogen) atoms. The first-order valence-electron chi connectivity index (χ1n) is 3.51. The smallest absolute Gasteiger partial charge is 0.323 e. The minimum atomic E-state index is -0.488. The van der Waals surface area contributed by atoms with Crippen molar-refractivity contribution in [1.82, 2.24) is 9.55 Å². The van der Waals surface area contributed by atoms with Gasteiger partial charge in [0, 0.05) is 12.4 Å². The van der Waals surface area contributed by atoms with Crippen LogP contribution in [0.2, 0.25) is 0 Å². The summed E-state index contributed by atoms with van der Waals surface area (Å²) in [5.41, 5.74) is 6.64. The highest BCUT2D eigenvalue weighted by atomic mass is 16.2. The first-order valence-corrected chi connectivity index (χ1v) is 3.51. The lowest BCUT2D eigenvalue weighted by Gasteiger charge is -1.96. The predicted octanol–water partition coefficient (Wildman–Crippen LogP) is 0.963. The van der Waals surface area contributed by atoms with Gasteiger partial charge in [0.2, 0.25) is 0 Å². The van der Waals surface area contributed by atoms with Crippen molar-refractivity contribution in [2.45, 2.75) is 0 Å². The highest BCUT2D eigenvalue weighted by Crippen LogP contribution is 2.10. The number of primary amides is 1. The van der Waals surface area contributed by atoms with Gasteiger partial charge < -0.3 is 5.73 Å². The van der Waals surface area contributed by atoms with E-state index >= 15 is 0 Å². The van der Waals surface area contributed by atoms with E-state index in [1.54, 1.807) is 30.6 Å². The molecule has 0 unspecified atom stereocenters. The molecule has 2 aromatic rings. The van der Waals surface area contributed by atoms with Crippen LogP contribution < -0.4 is 5.73 Å². The van der Waals surface area contributed by atoms with E-state index in [0.717, 1.165) is 11.0 Å². The lowest BCUT2D eigenvalue weighted by molar-refractivity contribution is 0.251. The van der Waals surface area contributed by atoms with E-state index < -0.39 is 6.03 Å². The summed E-state index contributed by atoms with van der Waals surface area (Å²) in [6, 6.07) is 4.83. The number of pyridine rings is 1. The molecule has 0 fully saturated rings. The first kappa shape index (κ1) is 6.84. The number of nitrogens with two attached hydrogens (primary N) is 1. The van der Waals surface area contributed by atoms with Crippen molar-refractivity contribution in [3.63, 3.8) is 0 Å². The first-order chi connectivity index (χ1) is 5.79. The van der Waals surface area contributed by atoms with Gasteiger partial charge in [-0.05, 0) is 18.2 Å². The number of carbonyl (C=O) groups is 1. The molecule has 0 aliphatic carbocycles. The van der Waals surface area contributed by atoms with E-state index in [2.05, 4.69) is 4.98 Å². The van der Waals surface area contributed by atoms with E-state index in [1.165, 1.54) is 4.57 Å². The number of aromatic nitrogens is 2. The Morgan fingerprint density at radius 2 is 2.33 bits per heavy atom. The van der Waals surface area contributed by atoms with E-state index in [-0.39, 0.29) is 0 Å². The Hall–Kier alpha value is -1.84. The summed E-state index contributed by atoms with van der Waals surface area (Å²) < 4.78 is 1.36. The fourth-order valence-electron chi connectivity index (χ4n) is 1.16. The van der Waals surface area contributed by atoms with Gasteiger partial charge in [0.05, 0.1) is 11.0 Å². The van der Waals surface area contributed by atoms with Gasteiger partial charge in [0.1, 0.15) is 0 Å². The standard InChI is InChI=1S/C8H7N3O/c9-8(12)11-5-3-6-7(11)2-1-4-10-6/h1-5H,(H2,9,12). The van der Waals surface area contributed by atoms with Crippen LogP contribution in [0, 0.1) is 0 Å². The Bertz CT molecular complexity index is 433. The minimum absolute atomic E-state index is 0.488. The van der Waals surface area contributed by atoms with E-state index in [4.69, 9.17) is 5.73 Å². The van der Waals surface area contributed by atoms with E-state index in [1.807, 2.05) is 0 Å². The van der Waals surface area contributed by atoms with Crippen LogP contribution in [0.3, 0.4) is 0 Å². The number of rotatable bonds is 0. The van der Waals surface area contributed by atoms with Gasteiger partial charge >= 0.3 is 6.03 Å². The van der Waals surface area contributed by atoms with Crippen LogP contribution in [0.1, 0.15) is 0 Å². The van der Waals surface area contributed by atoms with Gasteiger partial charge in [0.15, 0.2) is 0 Å². The summed E-state index contributed by atoms with van der Waals surface area (Å²) in [5.74, 6) is 0. The molecule has 0 saturated carbocycles. The molecule has 0 spiro atoms. The highest BCUT2D eigenvalue weighted by Gasteiger charge is 2.03. The molecule has 2 N–H and O–H groups in total. The van der Waals surface area contributed by atoms with Crippen LogP contribution in [-0.4, -0.2) is 15.6 Å². The van der Waals surface area contributed by atoms with Crippen LogP contribution in [0.15, 0.2) is 30.6 Å². The summed E-state index contributed by atoms with van der Waals surface area (Å²) in [4.78, 5) is 14.9. The summed E-state index contributed by atoms with van der Waals surface area (Å²) >= 11 is 0. The summed E-state index contributed by atoms with van der Waals surface area (Å²) in [6.07, 6.45) is 3.29. The van der Waals surface area contributed by atoms with Gasteiger partial charge in [-0.3, -0.25) is 9.55 Å². The normalized spacial score (nSPS) is 10.3. The van der Waals surface area contributed by atoms with Crippen molar-refractivity contribution in [3.8, 4) is 0 Å². The Morgan fingerprint density at radius 1 is 1.50 bits per heavy atom. The summed E-state index contributed by atoms with van der Waals surface area (Å²) in [5, 5.41) is 0.